The molecule has 0 saturated heterocycles. The minimum absolute atomic E-state index is 0.150. The molecule has 0 bridgehead atoms. The third-order valence-corrected chi connectivity index (χ3v) is 5.56. The second-order valence-electron chi connectivity index (χ2n) is 7.47. The third kappa shape index (κ3) is 3.12. The number of carbonyl (C=O) groups is 1. The standard InChI is InChI=1S/C24H20N4O2/c1-14(17-5-2-6-18(29)12-17)25-28-24(30)22-13-21(26-27-22)19-11-10-16-9-8-15-4-3-7-20(19)23(15)16/h2-7,10-13,29H,8-9H2,1H3,(H,26,27)(H,28,30)/b25-14+. The zero-order valence-corrected chi connectivity index (χ0v) is 16.4. The maximum absolute atomic E-state index is 12.5. The van der Waals surface area contributed by atoms with E-state index in [0.717, 1.165) is 29.7 Å². The van der Waals surface area contributed by atoms with Gasteiger partial charge in [-0.25, -0.2) is 5.43 Å². The number of aromatic amines is 1. The molecule has 6 nitrogen and oxygen atoms in total. The molecule has 0 radical (unpaired) electrons. The molecule has 4 aromatic rings. The van der Waals surface area contributed by atoms with Crippen molar-refractivity contribution < 1.29 is 9.90 Å². The lowest BCUT2D eigenvalue weighted by molar-refractivity contribution is 0.0950. The second kappa shape index (κ2) is 7.15. The molecule has 5 rings (SSSR count). The highest BCUT2D eigenvalue weighted by Crippen LogP contribution is 2.36. The Hall–Kier alpha value is -3.93. The number of phenols is 1. The summed E-state index contributed by atoms with van der Waals surface area (Å²) in [5, 5.41) is 23.4. The van der Waals surface area contributed by atoms with E-state index in [1.807, 2.05) is 6.07 Å². The largest absolute Gasteiger partial charge is 0.508 e. The van der Waals surface area contributed by atoms with Crippen LogP contribution in [0.3, 0.4) is 0 Å². The molecule has 0 unspecified atom stereocenters. The molecule has 0 spiro atoms. The van der Waals surface area contributed by atoms with Crippen LogP contribution in [0.1, 0.15) is 34.1 Å². The van der Waals surface area contributed by atoms with Crippen molar-refractivity contribution >= 4 is 22.4 Å². The van der Waals surface area contributed by atoms with E-state index in [1.54, 1.807) is 31.2 Å². The molecule has 3 aromatic carbocycles. The fourth-order valence-electron chi connectivity index (χ4n) is 4.04. The fourth-order valence-corrected chi connectivity index (χ4v) is 4.04. The molecular formula is C24H20N4O2. The van der Waals surface area contributed by atoms with Crippen LogP contribution in [-0.4, -0.2) is 26.9 Å². The maximum atomic E-state index is 12.5. The number of benzene rings is 3. The third-order valence-electron chi connectivity index (χ3n) is 5.56. The number of nitrogens with one attached hydrogen (secondary N) is 2. The number of amides is 1. The van der Waals surface area contributed by atoms with E-state index in [9.17, 15) is 9.90 Å². The van der Waals surface area contributed by atoms with Crippen molar-refractivity contribution in [1.29, 1.82) is 0 Å². The van der Waals surface area contributed by atoms with Gasteiger partial charge in [0, 0.05) is 11.1 Å². The van der Waals surface area contributed by atoms with Crippen molar-refractivity contribution in [2.75, 3.05) is 0 Å². The summed E-state index contributed by atoms with van der Waals surface area (Å²) in [6.45, 7) is 1.76. The van der Waals surface area contributed by atoms with Gasteiger partial charge < -0.3 is 5.11 Å². The zero-order valence-electron chi connectivity index (χ0n) is 16.4. The van der Waals surface area contributed by atoms with E-state index in [4.69, 9.17) is 0 Å². The van der Waals surface area contributed by atoms with Crippen LogP contribution in [0.15, 0.2) is 65.8 Å². The number of aromatic hydroxyl groups is 1. The van der Waals surface area contributed by atoms with Gasteiger partial charge in [-0.2, -0.15) is 10.2 Å². The first-order valence-corrected chi connectivity index (χ1v) is 9.83. The summed E-state index contributed by atoms with van der Waals surface area (Å²) in [5.74, 6) is -0.226. The van der Waals surface area contributed by atoms with Crippen molar-refractivity contribution in [3.63, 3.8) is 0 Å². The first-order chi connectivity index (χ1) is 14.6. The Labute approximate surface area is 173 Å². The van der Waals surface area contributed by atoms with Gasteiger partial charge in [-0.3, -0.25) is 9.89 Å². The molecule has 1 heterocycles. The van der Waals surface area contributed by atoms with Crippen molar-refractivity contribution in [2.45, 2.75) is 19.8 Å². The Balaban J connectivity index is 1.41. The molecule has 0 atom stereocenters. The van der Waals surface area contributed by atoms with Gasteiger partial charge >= 0.3 is 0 Å². The van der Waals surface area contributed by atoms with Crippen LogP contribution in [0, 0.1) is 0 Å². The normalized spacial score (nSPS) is 13.0. The van der Waals surface area contributed by atoms with Crippen molar-refractivity contribution in [2.24, 2.45) is 5.10 Å². The van der Waals surface area contributed by atoms with Gasteiger partial charge in [-0.1, -0.05) is 42.5 Å². The van der Waals surface area contributed by atoms with Gasteiger partial charge in [0.1, 0.15) is 11.4 Å². The molecule has 0 saturated carbocycles. The van der Waals surface area contributed by atoms with E-state index in [2.05, 4.69) is 51.1 Å². The molecule has 1 aromatic heterocycles. The quantitative estimate of drug-likeness (QED) is 0.357. The molecule has 148 valence electrons. The van der Waals surface area contributed by atoms with Crippen LogP contribution in [0.2, 0.25) is 0 Å². The smallest absolute Gasteiger partial charge is 0.289 e. The van der Waals surface area contributed by atoms with Gasteiger partial charge in [0.2, 0.25) is 0 Å². The Morgan fingerprint density at radius 3 is 2.70 bits per heavy atom. The predicted molar refractivity (Wildman–Crippen MR) is 117 cm³/mol. The molecule has 1 amide bonds. The minimum Gasteiger partial charge on any atom is -0.508 e. The second-order valence-corrected chi connectivity index (χ2v) is 7.47. The number of hydrogen-bond donors (Lipinski definition) is 3. The van der Waals surface area contributed by atoms with Crippen LogP contribution in [0.4, 0.5) is 0 Å². The lowest BCUT2D eigenvalue weighted by atomic mass is 9.98. The van der Waals surface area contributed by atoms with Crippen LogP contribution in [0.25, 0.3) is 22.0 Å². The predicted octanol–water partition coefficient (Wildman–Crippen LogP) is 4.19. The summed E-state index contributed by atoms with van der Waals surface area (Å²) in [7, 11) is 0. The van der Waals surface area contributed by atoms with E-state index >= 15 is 0 Å². The molecule has 30 heavy (non-hydrogen) atoms. The van der Waals surface area contributed by atoms with E-state index < -0.39 is 0 Å². The molecule has 0 fully saturated rings. The van der Waals surface area contributed by atoms with Crippen molar-refractivity contribution in [3.8, 4) is 17.0 Å². The molecule has 1 aliphatic rings. The summed E-state index contributed by atoms with van der Waals surface area (Å²) >= 11 is 0. The summed E-state index contributed by atoms with van der Waals surface area (Å²) in [6.07, 6.45) is 2.14. The Morgan fingerprint density at radius 2 is 1.87 bits per heavy atom. The van der Waals surface area contributed by atoms with Crippen LogP contribution in [-0.2, 0) is 12.8 Å². The minimum atomic E-state index is -0.376. The first kappa shape index (κ1) is 18.1. The highest BCUT2D eigenvalue weighted by Gasteiger charge is 2.18. The van der Waals surface area contributed by atoms with Crippen molar-refractivity contribution in [1.82, 2.24) is 15.6 Å². The van der Waals surface area contributed by atoms with Gasteiger partial charge in [-0.05, 0) is 59.9 Å². The molecule has 3 N–H and O–H groups in total. The van der Waals surface area contributed by atoms with Gasteiger partial charge in [0.15, 0.2) is 0 Å². The molecule has 6 heteroatoms. The molecular weight excluding hydrogens is 376 g/mol. The topological polar surface area (TPSA) is 90.4 Å². The number of hydrazone groups is 1. The Kier molecular flexibility index (Phi) is 4.32. The highest BCUT2D eigenvalue weighted by atomic mass is 16.3. The highest BCUT2D eigenvalue weighted by molar-refractivity contribution is 6.03. The summed E-state index contributed by atoms with van der Waals surface area (Å²) in [4.78, 5) is 12.5. The average Bonchev–Trinajstić information content (AvgIpc) is 3.41. The molecule has 0 aliphatic heterocycles. The van der Waals surface area contributed by atoms with E-state index in [0.29, 0.717) is 11.4 Å². The lowest BCUT2D eigenvalue weighted by Gasteiger charge is -2.06. The Morgan fingerprint density at radius 1 is 1.07 bits per heavy atom. The zero-order chi connectivity index (χ0) is 20.7. The fraction of sp³-hybridized carbons (Fsp3) is 0.125. The van der Waals surface area contributed by atoms with Gasteiger partial charge in [-0.15, -0.1) is 0 Å². The number of phenolic OH excluding ortho intramolecular Hbond substituents is 1. The number of nitrogens with zero attached hydrogens (tertiary/aromatic N) is 2. The summed E-state index contributed by atoms with van der Waals surface area (Å²) in [6, 6.07) is 19.1. The summed E-state index contributed by atoms with van der Waals surface area (Å²) < 4.78 is 0. The SMILES string of the molecule is C/C(=N\NC(=O)c1cc(-c2ccc3c4c(cccc24)CC3)n[nH]1)c1cccc(O)c1. The molecule has 1 aliphatic carbocycles. The first-order valence-electron chi connectivity index (χ1n) is 9.83. The number of rotatable bonds is 4. The number of aryl methyl sites for hydroxylation is 2. The Bertz CT molecular complexity index is 1310. The number of carbonyl (C=O) groups excluding carboxylic acids is 1. The average molecular weight is 396 g/mol. The maximum Gasteiger partial charge on any atom is 0.289 e. The van der Waals surface area contributed by atoms with Crippen LogP contribution < -0.4 is 5.43 Å². The number of H-pyrrole nitrogens is 1. The summed E-state index contributed by atoms with van der Waals surface area (Å²) in [5.41, 5.74) is 8.67. The van der Waals surface area contributed by atoms with E-state index in [-0.39, 0.29) is 11.7 Å². The van der Waals surface area contributed by atoms with Crippen LogP contribution >= 0.6 is 0 Å². The van der Waals surface area contributed by atoms with E-state index in [1.165, 1.54) is 21.9 Å². The lowest BCUT2D eigenvalue weighted by Crippen LogP contribution is -2.19. The van der Waals surface area contributed by atoms with Gasteiger partial charge in [0.05, 0.1) is 11.4 Å². The van der Waals surface area contributed by atoms with Crippen molar-refractivity contribution in [3.05, 3.63) is 83.0 Å². The monoisotopic (exact) mass is 396 g/mol. The number of hydrogen-bond acceptors (Lipinski definition) is 4. The van der Waals surface area contributed by atoms with Crippen LogP contribution in [0.5, 0.6) is 5.75 Å². The van der Waals surface area contributed by atoms with Gasteiger partial charge in [0.25, 0.3) is 5.91 Å². The number of aromatic nitrogens is 2.